The van der Waals surface area contributed by atoms with Gasteiger partial charge in [0.15, 0.2) is 0 Å². The predicted octanol–water partition coefficient (Wildman–Crippen LogP) is 3.77. The third-order valence-electron chi connectivity index (χ3n) is 5.17. The summed E-state index contributed by atoms with van der Waals surface area (Å²) < 4.78 is 5.05. The van der Waals surface area contributed by atoms with Crippen LogP contribution in [0, 0.1) is 17.8 Å². The standard InChI is InChI=1S/C22H32N2O4/c1-4-28-22(27)18-7-5-6-8-19(18)24-21(26)17-11-9-16(10-12-17)20(25)23-14-13-15(2)3/h5-8,15-17H,4,9-14H2,1-3H3,(H,23,25)(H,24,26). The van der Waals surface area contributed by atoms with Crippen LogP contribution in [0.3, 0.4) is 0 Å². The maximum absolute atomic E-state index is 12.7. The van der Waals surface area contributed by atoms with Crippen molar-refractivity contribution in [3.63, 3.8) is 0 Å². The van der Waals surface area contributed by atoms with Crippen molar-refractivity contribution < 1.29 is 19.1 Å². The third-order valence-corrected chi connectivity index (χ3v) is 5.17. The topological polar surface area (TPSA) is 84.5 Å². The van der Waals surface area contributed by atoms with Gasteiger partial charge in [-0.3, -0.25) is 9.59 Å². The molecule has 0 saturated heterocycles. The van der Waals surface area contributed by atoms with Gasteiger partial charge in [0.05, 0.1) is 17.9 Å². The molecule has 0 unspecified atom stereocenters. The zero-order chi connectivity index (χ0) is 20.5. The molecule has 0 heterocycles. The average molecular weight is 389 g/mol. The van der Waals surface area contributed by atoms with Crippen molar-refractivity contribution in [1.29, 1.82) is 0 Å². The molecule has 0 aliphatic heterocycles. The molecule has 1 aromatic carbocycles. The van der Waals surface area contributed by atoms with E-state index in [0.29, 0.717) is 49.4 Å². The number of hydrogen-bond donors (Lipinski definition) is 2. The molecule has 0 radical (unpaired) electrons. The van der Waals surface area contributed by atoms with Crippen molar-refractivity contribution in [1.82, 2.24) is 5.32 Å². The molecule has 0 atom stereocenters. The first-order valence-corrected chi connectivity index (χ1v) is 10.3. The molecule has 154 valence electrons. The van der Waals surface area contributed by atoms with E-state index in [-0.39, 0.29) is 30.3 Å². The summed E-state index contributed by atoms with van der Waals surface area (Å²) in [5, 5.41) is 5.88. The lowest BCUT2D eigenvalue weighted by atomic mass is 9.81. The normalized spacial score (nSPS) is 19.1. The van der Waals surface area contributed by atoms with Gasteiger partial charge >= 0.3 is 5.97 Å². The Labute approximate surface area is 167 Å². The van der Waals surface area contributed by atoms with Gasteiger partial charge in [-0.05, 0) is 57.1 Å². The smallest absolute Gasteiger partial charge is 0.340 e. The molecule has 0 spiro atoms. The Morgan fingerprint density at radius 3 is 2.25 bits per heavy atom. The van der Waals surface area contributed by atoms with Crippen LogP contribution in [0.4, 0.5) is 5.69 Å². The second-order valence-corrected chi connectivity index (χ2v) is 7.78. The van der Waals surface area contributed by atoms with E-state index < -0.39 is 5.97 Å². The molecule has 2 amide bonds. The number of hydrogen-bond acceptors (Lipinski definition) is 4. The van der Waals surface area contributed by atoms with Gasteiger partial charge in [-0.1, -0.05) is 26.0 Å². The van der Waals surface area contributed by atoms with Crippen LogP contribution in [0.5, 0.6) is 0 Å². The van der Waals surface area contributed by atoms with Gasteiger partial charge in [-0.15, -0.1) is 0 Å². The fraction of sp³-hybridized carbons (Fsp3) is 0.591. The Hall–Kier alpha value is -2.37. The Kier molecular flexibility index (Phi) is 8.48. The molecule has 2 N–H and O–H groups in total. The maximum Gasteiger partial charge on any atom is 0.340 e. The zero-order valence-electron chi connectivity index (χ0n) is 17.1. The number of benzene rings is 1. The van der Waals surface area contributed by atoms with Crippen molar-refractivity contribution in [3.8, 4) is 0 Å². The van der Waals surface area contributed by atoms with E-state index >= 15 is 0 Å². The fourth-order valence-electron chi connectivity index (χ4n) is 3.46. The zero-order valence-corrected chi connectivity index (χ0v) is 17.1. The van der Waals surface area contributed by atoms with Gasteiger partial charge in [0.1, 0.15) is 0 Å². The van der Waals surface area contributed by atoms with Gasteiger partial charge in [0.25, 0.3) is 0 Å². The molecule has 1 aliphatic rings. The number of amides is 2. The summed E-state index contributed by atoms with van der Waals surface area (Å²) in [5.74, 6) is -0.0297. The summed E-state index contributed by atoms with van der Waals surface area (Å²) >= 11 is 0. The minimum Gasteiger partial charge on any atom is -0.462 e. The molecular formula is C22H32N2O4. The van der Waals surface area contributed by atoms with Gasteiger partial charge in [-0.25, -0.2) is 4.79 Å². The van der Waals surface area contributed by atoms with E-state index in [1.807, 2.05) is 0 Å². The van der Waals surface area contributed by atoms with Crippen LogP contribution in [0.15, 0.2) is 24.3 Å². The van der Waals surface area contributed by atoms with Crippen molar-refractivity contribution in [2.75, 3.05) is 18.5 Å². The Bertz CT molecular complexity index is 679. The molecule has 1 fully saturated rings. The molecule has 0 aromatic heterocycles. The van der Waals surface area contributed by atoms with Gasteiger partial charge in [0.2, 0.25) is 11.8 Å². The fourth-order valence-corrected chi connectivity index (χ4v) is 3.46. The molecular weight excluding hydrogens is 356 g/mol. The quantitative estimate of drug-likeness (QED) is 0.664. The molecule has 6 heteroatoms. The van der Waals surface area contributed by atoms with Crippen molar-refractivity contribution in [2.45, 2.75) is 52.9 Å². The Morgan fingerprint density at radius 2 is 1.64 bits per heavy atom. The summed E-state index contributed by atoms with van der Waals surface area (Å²) in [5.41, 5.74) is 0.829. The highest BCUT2D eigenvalue weighted by atomic mass is 16.5. The van der Waals surface area contributed by atoms with Crippen LogP contribution in [0.2, 0.25) is 0 Å². The molecule has 2 rings (SSSR count). The minimum atomic E-state index is -0.444. The highest BCUT2D eigenvalue weighted by Gasteiger charge is 2.30. The molecule has 0 bridgehead atoms. The first kappa shape index (κ1) is 21.9. The van der Waals surface area contributed by atoms with Gasteiger partial charge < -0.3 is 15.4 Å². The molecule has 1 saturated carbocycles. The highest BCUT2D eigenvalue weighted by Crippen LogP contribution is 2.30. The van der Waals surface area contributed by atoms with Crippen LogP contribution in [0.1, 0.15) is 63.2 Å². The highest BCUT2D eigenvalue weighted by molar-refractivity contribution is 6.01. The number of rotatable bonds is 8. The number of para-hydroxylation sites is 1. The second-order valence-electron chi connectivity index (χ2n) is 7.78. The average Bonchev–Trinajstić information content (AvgIpc) is 2.68. The number of carbonyl (C=O) groups is 3. The lowest BCUT2D eigenvalue weighted by Gasteiger charge is -2.27. The Balaban J connectivity index is 1.86. The van der Waals surface area contributed by atoms with E-state index in [9.17, 15) is 14.4 Å². The minimum absolute atomic E-state index is 0.0111. The SMILES string of the molecule is CCOC(=O)c1ccccc1NC(=O)C1CCC(C(=O)NCCC(C)C)CC1. The van der Waals surface area contributed by atoms with Crippen LogP contribution in [-0.4, -0.2) is 30.9 Å². The molecule has 1 aliphatic carbocycles. The lowest BCUT2D eigenvalue weighted by Crippen LogP contribution is -2.36. The number of nitrogens with one attached hydrogen (secondary N) is 2. The van der Waals surface area contributed by atoms with E-state index in [0.717, 1.165) is 6.42 Å². The lowest BCUT2D eigenvalue weighted by molar-refractivity contribution is -0.128. The molecule has 6 nitrogen and oxygen atoms in total. The first-order valence-electron chi connectivity index (χ1n) is 10.3. The van der Waals surface area contributed by atoms with E-state index in [2.05, 4.69) is 24.5 Å². The predicted molar refractivity (Wildman–Crippen MR) is 109 cm³/mol. The van der Waals surface area contributed by atoms with Gasteiger partial charge in [0, 0.05) is 18.4 Å². The van der Waals surface area contributed by atoms with E-state index in [4.69, 9.17) is 4.74 Å². The van der Waals surface area contributed by atoms with E-state index in [1.54, 1.807) is 31.2 Å². The number of carbonyl (C=O) groups excluding carboxylic acids is 3. The summed E-state index contributed by atoms with van der Waals surface area (Å²) in [4.78, 5) is 37.0. The second kappa shape index (κ2) is 10.8. The number of ether oxygens (including phenoxy) is 1. The third kappa shape index (κ3) is 6.36. The summed E-state index contributed by atoms with van der Waals surface area (Å²) in [6.07, 6.45) is 3.75. The van der Waals surface area contributed by atoms with Gasteiger partial charge in [-0.2, -0.15) is 0 Å². The van der Waals surface area contributed by atoms with Crippen LogP contribution in [-0.2, 0) is 14.3 Å². The first-order chi connectivity index (χ1) is 13.4. The largest absolute Gasteiger partial charge is 0.462 e. The summed E-state index contributed by atoms with van der Waals surface area (Å²) in [6, 6.07) is 6.87. The van der Waals surface area contributed by atoms with Crippen LogP contribution in [0.25, 0.3) is 0 Å². The Morgan fingerprint density at radius 1 is 1.04 bits per heavy atom. The maximum atomic E-state index is 12.7. The van der Waals surface area contributed by atoms with E-state index in [1.165, 1.54) is 0 Å². The summed E-state index contributed by atoms with van der Waals surface area (Å²) in [6.45, 7) is 7.01. The van der Waals surface area contributed by atoms with Crippen molar-refractivity contribution in [3.05, 3.63) is 29.8 Å². The number of anilines is 1. The van der Waals surface area contributed by atoms with Crippen LogP contribution >= 0.6 is 0 Å². The monoisotopic (exact) mass is 388 g/mol. The van der Waals surface area contributed by atoms with Crippen LogP contribution < -0.4 is 10.6 Å². The number of esters is 1. The van der Waals surface area contributed by atoms with Crippen molar-refractivity contribution >= 4 is 23.5 Å². The van der Waals surface area contributed by atoms with Crippen molar-refractivity contribution in [2.24, 2.45) is 17.8 Å². The summed E-state index contributed by atoms with van der Waals surface area (Å²) in [7, 11) is 0. The molecule has 28 heavy (non-hydrogen) atoms. The molecule has 1 aromatic rings.